The van der Waals surface area contributed by atoms with Crippen molar-refractivity contribution in [3.05, 3.63) is 29.8 Å². The summed E-state index contributed by atoms with van der Waals surface area (Å²) in [5.74, 6) is -0.399. The molecule has 2 rings (SSSR count). The van der Waals surface area contributed by atoms with Crippen molar-refractivity contribution in [2.45, 2.75) is 24.8 Å². The molecule has 6 nitrogen and oxygen atoms in total. The molecule has 0 bridgehead atoms. The van der Waals surface area contributed by atoms with Crippen LogP contribution in [0.3, 0.4) is 0 Å². The normalized spacial score (nSPS) is 23.2. The number of hydrogen-bond donors (Lipinski definition) is 1. The first-order valence-electron chi connectivity index (χ1n) is 6.62. The van der Waals surface area contributed by atoms with Gasteiger partial charge in [0.15, 0.2) is 0 Å². The molecule has 0 radical (unpaired) electrons. The number of ether oxygens (including phenoxy) is 1. The predicted octanol–water partition coefficient (Wildman–Crippen LogP) is 0.753. The first kappa shape index (κ1) is 15.9. The summed E-state index contributed by atoms with van der Waals surface area (Å²) in [6.07, 6.45) is 0.429. The largest absolute Gasteiger partial charge is 0.469 e. The molecule has 1 aromatic carbocycles. The third kappa shape index (κ3) is 2.95. The molecule has 116 valence electrons. The van der Waals surface area contributed by atoms with Gasteiger partial charge >= 0.3 is 5.97 Å². The zero-order chi connectivity index (χ0) is 15.7. The van der Waals surface area contributed by atoms with E-state index in [-0.39, 0.29) is 24.6 Å². The maximum absolute atomic E-state index is 12.6. The van der Waals surface area contributed by atoms with Crippen molar-refractivity contribution < 1.29 is 23.1 Å². The lowest BCUT2D eigenvalue weighted by molar-refractivity contribution is -0.150. The molecule has 0 spiro atoms. The number of nitrogens with zero attached hydrogens (tertiary/aromatic N) is 1. The van der Waals surface area contributed by atoms with Gasteiger partial charge in [0, 0.05) is 13.1 Å². The highest BCUT2D eigenvalue weighted by Gasteiger charge is 2.45. The van der Waals surface area contributed by atoms with Crippen molar-refractivity contribution in [3.8, 4) is 0 Å². The van der Waals surface area contributed by atoms with Gasteiger partial charge in [-0.3, -0.25) is 4.79 Å². The van der Waals surface area contributed by atoms with Crippen molar-refractivity contribution in [2.75, 3.05) is 20.2 Å². The Labute approximate surface area is 124 Å². The van der Waals surface area contributed by atoms with Gasteiger partial charge in [-0.1, -0.05) is 12.1 Å². The van der Waals surface area contributed by atoms with Crippen LogP contribution in [-0.4, -0.2) is 44.0 Å². The van der Waals surface area contributed by atoms with Gasteiger partial charge in [-0.05, 0) is 31.0 Å². The van der Waals surface area contributed by atoms with Crippen LogP contribution in [-0.2, 0) is 26.2 Å². The van der Waals surface area contributed by atoms with Gasteiger partial charge in [-0.15, -0.1) is 0 Å². The second-order valence-corrected chi connectivity index (χ2v) is 7.38. The highest BCUT2D eigenvalue weighted by Crippen LogP contribution is 2.34. The third-order valence-corrected chi connectivity index (χ3v) is 5.68. The maximum Gasteiger partial charge on any atom is 0.312 e. The molecule has 0 aromatic heterocycles. The predicted molar refractivity (Wildman–Crippen MR) is 75.9 cm³/mol. The van der Waals surface area contributed by atoms with Crippen LogP contribution in [0.1, 0.15) is 18.9 Å². The van der Waals surface area contributed by atoms with Crippen LogP contribution in [0.5, 0.6) is 0 Å². The van der Waals surface area contributed by atoms with E-state index in [1.54, 1.807) is 19.1 Å². The molecule has 1 N–H and O–H groups in total. The monoisotopic (exact) mass is 313 g/mol. The number of esters is 1. The van der Waals surface area contributed by atoms with Crippen molar-refractivity contribution in [3.63, 3.8) is 0 Å². The molecule has 1 aliphatic rings. The van der Waals surface area contributed by atoms with E-state index in [0.29, 0.717) is 12.0 Å². The second kappa shape index (κ2) is 5.75. The Balaban J connectivity index is 2.27. The van der Waals surface area contributed by atoms with E-state index in [0.717, 1.165) is 0 Å². The molecular weight excluding hydrogens is 294 g/mol. The van der Waals surface area contributed by atoms with E-state index >= 15 is 0 Å². The van der Waals surface area contributed by atoms with E-state index in [4.69, 9.17) is 9.84 Å². The smallest absolute Gasteiger partial charge is 0.312 e. The Hall–Kier alpha value is -1.44. The summed E-state index contributed by atoms with van der Waals surface area (Å²) in [5.41, 5.74) is -0.276. The summed E-state index contributed by atoms with van der Waals surface area (Å²) in [5, 5.41) is 9.11. The number of methoxy groups -OCH3 is 1. The van der Waals surface area contributed by atoms with Crippen molar-refractivity contribution >= 4 is 16.0 Å². The summed E-state index contributed by atoms with van der Waals surface area (Å²) in [6, 6.07) is 6.18. The van der Waals surface area contributed by atoms with Crippen LogP contribution in [0, 0.1) is 5.41 Å². The van der Waals surface area contributed by atoms with Gasteiger partial charge in [0.05, 0.1) is 24.0 Å². The van der Waals surface area contributed by atoms with Gasteiger partial charge in [0.1, 0.15) is 0 Å². The molecule has 21 heavy (non-hydrogen) atoms. The minimum absolute atomic E-state index is 0.103. The second-order valence-electron chi connectivity index (χ2n) is 5.45. The van der Waals surface area contributed by atoms with Crippen LogP contribution < -0.4 is 0 Å². The fraction of sp³-hybridized carbons (Fsp3) is 0.500. The molecule has 1 atom stereocenters. The number of aliphatic hydroxyl groups is 1. The minimum Gasteiger partial charge on any atom is -0.469 e. The van der Waals surface area contributed by atoms with Crippen LogP contribution in [0.15, 0.2) is 29.2 Å². The highest BCUT2D eigenvalue weighted by molar-refractivity contribution is 7.89. The van der Waals surface area contributed by atoms with E-state index in [1.807, 2.05) is 0 Å². The molecule has 0 aliphatic carbocycles. The summed E-state index contributed by atoms with van der Waals surface area (Å²) in [4.78, 5) is 11.9. The molecule has 0 saturated carbocycles. The lowest BCUT2D eigenvalue weighted by atomic mass is 9.90. The molecule has 1 saturated heterocycles. The third-order valence-electron chi connectivity index (χ3n) is 3.84. The van der Waals surface area contributed by atoms with Crippen LogP contribution in [0.2, 0.25) is 0 Å². The van der Waals surface area contributed by atoms with E-state index < -0.39 is 21.4 Å². The number of sulfonamides is 1. The SMILES string of the molecule is COC(=O)C1(C)CCN(S(=O)(=O)c2cccc(CO)c2)C1. The molecule has 1 fully saturated rings. The number of benzene rings is 1. The van der Waals surface area contributed by atoms with Crippen LogP contribution >= 0.6 is 0 Å². The van der Waals surface area contributed by atoms with Crippen molar-refractivity contribution in [1.29, 1.82) is 0 Å². The van der Waals surface area contributed by atoms with Crippen molar-refractivity contribution in [1.82, 2.24) is 4.31 Å². The zero-order valence-electron chi connectivity index (χ0n) is 12.1. The molecule has 1 heterocycles. The zero-order valence-corrected chi connectivity index (χ0v) is 12.9. The first-order valence-corrected chi connectivity index (χ1v) is 8.06. The van der Waals surface area contributed by atoms with Crippen molar-refractivity contribution in [2.24, 2.45) is 5.41 Å². The quantitative estimate of drug-likeness (QED) is 0.829. The first-order chi connectivity index (χ1) is 9.83. The molecule has 7 heteroatoms. The summed E-state index contributed by atoms with van der Waals surface area (Å²) >= 11 is 0. The van der Waals surface area contributed by atoms with E-state index in [2.05, 4.69) is 0 Å². The maximum atomic E-state index is 12.6. The Kier molecular flexibility index (Phi) is 4.36. The Bertz CT molecular complexity index is 643. The summed E-state index contributed by atoms with van der Waals surface area (Å²) < 4.78 is 31.2. The van der Waals surface area contributed by atoms with E-state index in [1.165, 1.54) is 23.5 Å². The molecule has 0 amide bonds. The minimum atomic E-state index is -3.67. The fourth-order valence-electron chi connectivity index (χ4n) is 2.49. The topological polar surface area (TPSA) is 83.9 Å². The number of carbonyl (C=O) groups is 1. The number of hydrogen-bond acceptors (Lipinski definition) is 5. The fourth-order valence-corrected chi connectivity index (χ4v) is 4.13. The highest BCUT2D eigenvalue weighted by atomic mass is 32.2. The number of aliphatic hydroxyl groups excluding tert-OH is 1. The summed E-state index contributed by atoms with van der Waals surface area (Å²) in [6.45, 7) is 1.87. The Morgan fingerprint density at radius 1 is 1.48 bits per heavy atom. The van der Waals surface area contributed by atoms with Gasteiger partial charge in [-0.2, -0.15) is 4.31 Å². The average molecular weight is 313 g/mol. The molecule has 1 aliphatic heterocycles. The van der Waals surface area contributed by atoms with Crippen LogP contribution in [0.25, 0.3) is 0 Å². The van der Waals surface area contributed by atoms with E-state index in [9.17, 15) is 13.2 Å². The Morgan fingerprint density at radius 3 is 2.81 bits per heavy atom. The van der Waals surface area contributed by atoms with Gasteiger partial charge in [-0.25, -0.2) is 8.42 Å². The lowest BCUT2D eigenvalue weighted by Crippen LogP contribution is -2.35. The van der Waals surface area contributed by atoms with Gasteiger partial charge in [0.25, 0.3) is 0 Å². The molecule has 1 unspecified atom stereocenters. The molecular formula is C14H19NO5S. The Morgan fingerprint density at radius 2 is 2.19 bits per heavy atom. The van der Waals surface area contributed by atoms with Gasteiger partial charge in [0.2, 0.25) is 10.0 Å². The van der Waals surface area contributed by atoms with Gasteiger partial charge < -0.3 is 9.84 Å². The number of rotatable bonds is 4. The number of carbonyl (C=O) groups excluding carboxylic acids is 1. The van der Waals surface area contributed by atoms with Crippen LogP contribution in [0.4, 0.5) is 0 Å². The summed E-state index contributed by atoms with van der Waals surface area (Å²) in [7, 11) is -2.37. The standard InChI is InChI=1S/C14H19NO5S/c1-14(13(17)20-2)6-7-15(10-14)21(18,19)12-5-3-4-11(8-12)9-16/h3-5,8,16H,6-7,9-10H2,1-2H3. The molecule has 1 aromatic rings. The lowest BCUT2D eigenvalue weighted by Gasteiger charge is -2.21. The average Bonchev–Trinajstić information content (AvgIpc) is 2.91.